The summed E-state index contributed by atoms with van der Waals surface area (Å²) in [7, 11) is 10.8. The molecule has 0 aliphatic heterocycles. The van der Waals surface area contributed by atoms with E-state index in [0.717, 1.165) is 63.7 Å². The van der Waals surface area contributed by atoms with E-state index in [4.69, 9.17) is 36.7 Å². The molecule has 0 heterocycles. The Kier molecular flexibility index (Phi) is 21.4. The third-order valence-corrected chi connectivity index (χ3v) is 14.3. The number of thiocarbonyl (C=S) groups is 3. The molecular weight excluding hydrogens is 547 g/mol. The highest BCUT2D eigenvalue weighted by molar-refractivity contribution is 8.86. The van der Waals surface area contributed by atoms with Crippen molar-refractivity contribution in [1.29, 1.82) is 0 Å². The predicted octanol–water partition coefficient (Wildman–Crippen LogP) is 7.38. The van der Waals surface area contributed by atoms with Crippen LogP contribution >= 0.6 is 101 Å². The molecule has 0 atom stereocenters. The van der Waals surface area contributed by atoms with Gasteiger partial charge < -0.3 is 14.7 Å². The second-order valence-electron chi connectivity index (χ2n) is 5.85. The van der Waals surface area contributed by atoms with Crippen LogP contribution in [0, 0.1) is 0 Å². The van der Waals surface area contributed by atoms with Crippen molar-refractivity contribution < 1.29 is 0 Å². The van der Waals surface area contributed by atoms with Gasteiger partial charge in [0.25, 0.3) is 0 Å². The quantitative estimate of drug-likeness (QED) is 0.150. The summed E-state index contributed by atoms with van der Waals surface area (Å²) in [5.41, 5.74) is 0. The predicted molar refractivity (Wildman–Crippen MR) is 166 cm³/mol. The lowest BCUT2D eigenvalue weighted by Gasteiger charge is -2.23. The van der Waals surface area contributed by atoms with Gasteiger partial charge >= 0.3 is 0 Å². The lowest BCUT2D eigenvalue weighted by atomic mass is 10.6. The van der Waals surface area contributed by atoms with Crippen molar-refractivity contribution in [2.24, 2.45) is 0 Å². The monoisotopic (exact) mass is 581 g/mol. The van der Waals surface area contributed by atoms with Gasteiger partial charge in [-0.3, -0.25) is 0 Å². The zero-order valence-electron chi connectivity index (χ0n) is 18.8. The van der Waals surface area contributed by atoms with Crippen LogP contribution in [0.25, 0.3) is 0 Å². The molecule has 0 fully saturated rings. The minimum Gasteiger partial charge on any atom is -0.357 e. The molecule has 0 rings (SSSR count). The zero-order valence-corrected chi connectivity index (χ0v) is 26.1. The average molecular weight is 582 g/mol. The van der Waals surface area contributed by atoms with Gasteiger partial charge in [0, 0.05) is 56.0 Å². The van der Waals surface area contributed by atoms with Gasteiger partial charge in [-0.25, -0.2) is 0 Å². The van der Waals surface area contributed by atoms with E-state index in [9.17, 15) is 0 Å². The highest BCUT2D eigenvalue weighted by atomic mass is 33.1. The van der Waals surface area contributed by atoms with E-state index < -0.39 is 0 Å². The van der Waals surface area contributed by atoms with Crippen LogP contribution in [0.5, 0.6) is 0 Å². The van der Waals surface area contributed by atoms with Gasteiger partial charge in [-0.1, -0.05) is 69.0 Å². The first kappa shape index (κ1) is 31.8. The smallest absolute Gasteiger partial charge is 0.147 e. The van der Waals surface area contributed by atoms with Gasteiger partial charge in [0.05, 0.1) is 0 Å². The molecule has 0 aromatic rings. The van der Waals surface area contributed by atoms with Crippen LogP contribution in [-0.4, -0.2) is 83.7 Å². The largest absolute Gasteiger partial charge is 0.357 e. The van der Waals surface area contributed by atoms with Crippen molar-refractivity contribution in [3.8, 4) is 0 Å². The van der Waals surface area contributed by atoms with Gasteiger partial charge in [0.1, 0.15) is 13.0 Å². The molecule has 0 aliphatic rings. The molecule has 0 aromatic heterocycles. The number of hydrogen-bond acceptors (Lipinski definition) is 9. The molecule has 0 amide bonds. The maximum absolute atomic E-state index is 5.62. The second kappa shape index (κ2) is 20.2. The molecule has 0 aliphatic carbocycles. The van der Waals surface area contributed by atoms with Gasteiger partial charge in [-0.05, 0) is 73.9 Å². The first-order valence-corrected chi connectivity index (χ1v) is 18.2. The molecule has 0 spiro atoms. The Labute approximate surface area is 224 Å². The zero-order chi connectivity index (χ0) is 22.9. The topological polar surface area (TPSA) is 9.72 Å². The van der Waals surface area contributed by atoms with Gasteiger partial charge in [-0.2, -0.15) is 0 Å². The van der Waals surface area contributed by atoms with Crippen LogP contribution < -0.4 is 0 Å². The summed E-state index contributed by atoms with van der Waals surface area (Å²) in [5, 5.41) is 0.470. The fraction of sp³-hybridized carbons (Fsp3) is 0.833. The minimum absolute atomic E-state index is 0.470. The van der Waals surface area contributed by atoms with Gasteiger partial charge in [0.15, 0.2) is 0 Å². The number of nitrogens with zero attached hydrogens (tertiary/aromatic N) is 3. The third-order valence-electron chi connectivity index (χ3n) is 4.09. The van der Waals surface area contributed by atoms with E-state index >= 15 is 0 Å². The highest BCUT2D eigenvalue weighted by Crippen LogP contribution is 2.38. The molecule has 176 valence electrons. The van der Waals surface area contributed by atoms with E-state index in [2.05, 4.69) is 56.2 Å². The van der Waals surface area contributed by atoms with Crippen molar-refractivity contribution in [2.75, 3.05) is 50.8 Å². The summed E-state index contributed by atoms with van der Waals surface area (Å²) < 4.78 is 2.93. The molecule has 30 heavy (non-hydrogen) atoms. The van der Waals surface area contributed by atoms with Crippen molar-refractivity contribution in [3.05, 3.63) is 0 Å². The number of rotatable bonds is 14. The Bertz CT molecular complexity index is 465. The van der Waals surface area contributed by atoms with Crippen molar-refractivity contribution >= 4 is 114 Å². The van der Waals surface area contributed by atoms with Crippen molar-refractivity contribution in [3.63, 3.8) is 0 Å². The lowest BCUT2D eigenvalue weighted by molar-refractivity contribution is 0.482. The molecule has 0 aromatic carbocycles. The first-order chi connectivity index (χ1) is 14.4. The van der Waals surface area contributed by atoms with Crippen molar-refractivity contribution in [1.82, 2.24) is 14.7 Å². The van der Waals surface area contributed by atoms with E-state index in [1.165, 1.54) is 0 Å². The van der Waals surface area contributed by atoms with Crippen LogP contribution in [0.1, 0.15) is 41.5 Å². The summed E-state index contributed by atoms with van der Waals surface area (Å²) >= 11 is 16.8. The van der Waals surface area contributed by atoms with E-state index in [-0.39, 0.29) is 0 Å². The first-order valence-electron chi connectivity index (χ1n) is 10.2. The maximum Gasteiger partial charge on any atom is 0.147 e. The molecule has 0 unspecified atom stereocenters. The SMILES string of the molecule is CCN(CC)C(=S)SSCC(CSSC(=S)N(CC)CC)SSC(=S)N(CC)CC. The summed E-state index contributed by atoms with van der Waals surface area (Å²) in [6, 6.07) is 0. The maximum atomic E-state index is 5.62. The normalized spacial score (nSPS) is 10.9. The molecule has 0 saturated heterocycles. The fourth-order valence-corrected chi connectivity index (χ4v) is 12.4. The summed E-state index contributed by atoms with van der Waals surface area (Å²) in [4.78, 5) is 6.69. The van der Waals surface area contributed by atoms with E-state index in [0.29, 0.717) is 5.25 Å². The number of hydrogen-bond donors (Lipinski definition) is 0. The Balaban J connectivity index is 4.69. The average Bonchev–Trinajstić information content (AvgIpc) is 2.74. The van der Waals surface area contributed by atoms with Crippen LogP contribution in [-0.2, 0) is 0 Å². The Morgan fingerprint density at radius 3 is 1.17 bits per heavy atom. The Morgan fingerprint density at radius 1 is 0.567 bits per heavy atom. The van der Waals surface area contributed by atoms with Gasteiger partial charge in [-0.15, -0.1) is 0 Å². The molecule has 0 N–H and O–H groups in total. The third kappa shape index (κ3) is 13.5. The molecule has 0 bridgehead atoms. The molecule has 3 nitrogen and oxygen atoms in total. The molecule has 0 radical (unpaired) electrons. The van der Waals surface area contributed by atoms with E-state index in [1.54, 1.807) is 32.4 Å². The van der Waals surface area contributed by atoms with Gasteiger partial charge in [0.2, 0.25) is 0 Å². The Morgan fingerprint density at radius 2 is 0.867 bits per heavy atom. The summed E-state index contributed by atoms with van der Waals surface area (Å²) in [6.45, 7) is 18.7. The Hall–Kier alpha value is 1.77. The van der Waals surface area contributed by atoms with Crippen LogP contribution in [0.15, 0.2) is 0 Å². The minimum atomic E-state index is 0.470. The van der Waals surface area contributed by atoms with Crippen LogP contribution in [0.3, 0.4) is 0 Å². The highest BCUT2D eigenvalue weighted by Gasteiger charge is 2.17. The van der Waals surface area contributed by atoms with Crippen molar-refractivity contribution in [2.45, 2.75) is 46.8 Å². The van der Waals surface area contributed by atoms with Crippen LogP contribution in [0.2, 0.25) is 0 Å². The summed E-state index contributed by atoms with van der Waals surface area (Å²) in [6.07, 6.45) is 0. The second-order valence-corrected chi connectivity index (χ2v) is 14.9. The van der Waals surface area contributed by atoms with Crippen LogP contribution in [0.4, 0.5) is 0 Å². The lowest BCUT2D eigenvalue weighted by Crippen LogP contribution is -2.27. The molecule has 12 heteroatoms. The van der Waals surface area contributed by atoms with E-state index in [1.807, 2.05) is 32.4 Å². The fourth-order valence-electron chi connectivity index (χ4n) is 2.14. The standard InChI is InChI=1S/C18H35N3S9/c1-7-19(8-2)16(22)28-25-13-15(27-30-18(24)21(11-5)12-6)14-26-29-17(23)20(9-3)10-4/h15H,7-14H2,1-6H3. The molecule has 0 saturated carbocycles. The molecular formula is C18H35N3S9. The summed E-state index contributed by atoms with van der Waals surface area (Å²) in [5.74, 6) is 2.05.